The first-order chi connectivity index (χ1) is 13.6. The number of rotatable bonds is 5. The first kappa shape index (κ1) is 17.7. The van der Waals surface area contributed by atoms with E-state index in [0.717, 1.165) is 28.3 Å². The summed E-state index contributed by atoms with van der Waals surface area (Å²) < 4.78 is 1.84. The number of para-hydroxylation sites is 2. The molecular formula is C24H21N3O. The summed E-state index contributed by atoms with van der Waals surface area (Å²) in [6, 6.07) is 27.1. The molecule has 0 amide bonds. The van der Waals surface area contributed by atoms with Gasteiger partial charge in [0.25, 0.3) is 0 Å². The second kappa shape index (κ2) is 7.53. The van der Waals surface area contributed by atoms with Crippen LogP contribution < -0.4 is 5.32 Å². The summed E-state index contributed by atoms with van der Waals surface area (Å²) in [4.78, 5) is 13.2. The standard InChI is InChI=1S/C24H21N3O/c1-17-11-9-10-16-21(17)27-18(2)22(25-20-14-7-4-8-15-20)23(26-27)24(28)19-12-5-3-6-13-19/h3-16,25H,1-2H3. The van der Waals surface area contributed by atoms with Crippen LogP contribution >= 0.6 is 0 Å². The van der Waals surface area contributed by atoms with E-state index in [1.165, 1.54) is 0 Å². The number of anilines is 2. The van der Waals surface area contributed by atoms with Gasteiger partial charge in [-0.15, -0.1) is 0 Å². The molecule has 1 heterocycles. The van der Waals surface area contributed by atoms with Crippen molar-refractivity contribution in [2.24, 2.45) is 0 Å². The number of nitrogens with one attached hydrogen (secondary N) is 1. The Bertz CT molecular complexity index is 1120. The van der Waals surface area contributed by atoms with Crippen molar-refractivity contribution < 1.29 is 4.79 Å². The van der Waals surface area contributed by atoms with Crippen molar-refractivity contribution >= 4 is 17.2 Å². The van der Waals surface area contributed by atoms with Crippen LogP contribution in [0.1, 0.15) is 27.3 Å². The summed E-state index contributed by atoms with van der Waals surface area (Å²) in [5.41, 5.74) is 5.61. The van der Waals surface area contributed by atoms with E-state index in [-0.39, 0.29) is 5.78 Å². The van der Waals surface area contributed by atoms with Gasteiger partial charge in [0.1, 0.15) is 0 Å². The molecule has 0 saturated carbocycles. The van der Waals surface area contributed by atoms with Crippen LogP contribution in [0.5, 0.6) is 0 Å². The predicted octanol–water partition coefficient (Wildman–Crippen LogP) is 5.46. The van der Waals surface area contributed by atoms with Crippen molar-refractivity contribution in [1.82, 2.24) is 9.78 Å². The van der Waals surface area contributed by atoms with E-state index in [0.29, 0.717) is 11.3 Å². The van der Waals surface area contributed by atoms with Crippen LogP contribution in [-0.4, -0.2) is 15.6 Å². The molecule has 1 aromatic heterocycles. The first-order valence-corrected chi connectivity index (χ1v) is 9.22. The van der Waals surface area contributed by atoms with Gasteiger partial charge in [-0.25, -0.2) is 4.68 Å². The zero-order valence-corrected chi connectivity index (χ0v) is 15.9. The SMILES string of the molecule is Cc1ccccc1-n1nc(C(=O)c2ccccc2)c(Nc2ccccc2)c1C. The monoisotopic (exact) mass is 367 g/mol. The highest BCUT2D eigenvalue weighted by molar-refractivity contribution is 6.11. The van der Waals surface area contributed by atoms with Crippen LogP contribution in [0.4, 0.5) is 11.4 Å². The van der Waals surface area contributed by atoms with Gasteiger partial charge < -0.3 is 5.32 Å². The van der Waals surface area contributed by atoms with Crippen LogP contribution in [0.2, 0.25) is 0 Å². The minimum Gasteiger partial charge on any atom is -0.352 e. The Morgan fingerprint density at radius 1 is 0.821 bits per heavy atom. The third-order valence-corrected chi connectivity index (χ3v) is 4.75. The van der Waals surface area contributed by atoms with Crippen LogP contribution in [0.3, 0.4) is 0 Å². The molecule has 138 valence electrons. The highest BCUT2D eigenvalue weighted by Gasteiger charge is 2.23. The van der Waals surface area contributed by atoms with Crippen molar-refractivity contribution in [1.29, 1.82) is 0 Å². The molecule has 28 heavy (non-hydrogen) atoms. The van der Waals surface area contributed by atoms with Crippen LogP contribution in [0.25, 0.3) is 5.69 Å². The minimum atomic E-state index is -0.102. The van der Waals surface area contributed by atoms with E-state index in [1.54, 1.807) is 0 Å². The van der Waals surface area contributed by atoms with Gasteiger partial charge in [0.15, 0.2) is 5.69 Å². The number of hydrogen-bond donors (Lipinski definition) is 1. The fraction of sp³-hybridized carbons (Fsp3) is 0.0833. The van der Waals surface area contributed by atoms with Gasteiger partial charge in [0.2, 0.25) is 5.78 Å². The number of benzene rings is 3. The van der Waals surface area contributed by atoms with Gasteiger partial charge in [-0.2, -0.15) is 5.10 Å². The second-order valence-electron chi connectivity index (χ2n) is 6.69. The molecule has 0 fully saturated rings. The number of ketones is 1. The van der Waals surface area contributed by atoms with Gasteiger partial charge in [-0.1, -0.05) is 66.7 Å². The number of aromatic nitrogens is 2. The predicted molar refractivity (Wildman–Crippen MR) is 113 cm³/mol. The maximum atomic E-state index is 13.2. The number of aryl methyl sites for hydroxylation is 1. The van der Waals surface area contributed by atoms with Gasteiger partial charge in [0, 0.05) is 11.3 Å². The number of nitrogens with zero attached hydrogens (tertiary/aromatic N) is 2. The molecular weight excluding hydrogens is 346 g/mol. The molecule has 0 aliphatic heterocycles. The van der Waals surface area contributed by atoms with Gasteiger partial charge in [-0.3, -0.25) is 4.79 Å². The summed E-state index contributed by atoms with van der Waals surface area (Å²) in [5.74, 6) is -0.102. The molecule has 0 aliphatic rings. The maximum absolute atomic E-state index is 13.2. The zero-order chi connectivity index (χ0) is 19.5. The Labute approximate surface area is 164 Å². The average molecular weight is 367 g/mol. The first-order valence-electron chi connectivity index (χ1n) is 9.22. The lowest BCUT2D eigenvalue weighted by Gasteiger charge is -2.09. The maximum Gasteiger partial charge on any atom is 0.215 e. The molecule has 0 saturated heterocycles. The largest absolute Gasteiger partial charge is 0.352 e. The molecule has 4 aromatic rings. The van der Waals surface area contributed by atoms with Gasteiger partial charge in [0.05, 0.1) is 17.1 Å². The molecule has 0 radical (unpaired) electrons. The molecule has 0 spiro atoms. The summed E-state index contributed by atoms with van der Waals surface area (Å²) in [5, 5.41) is 8.11. The van der Waals surface area contributed by atoms with E-state index < -0.39 is 0 Å². The Morgan fingerprint density at radius 3 is 2.11 bits per heavy atom. The van der Waals surface area contributed by atoms with Crippen molar-refractivity contribution in [2.45, 2.75) is 13.8 Å². The van der Waals surface area contributed by atoms with E-state index in [9.17, 15) is 4.79 Å². The van der Waals surface area contributed by atoms with Crippen molar-refractivity contribution in [2.75, 3.05) is 5.32 Å². The van der Waals surface area contributed by atoms with E-state index >= 15 is 0 Å². The normalized spacial score (nSPS) is 10.6. The molecule has 0 unspecified atom stereocenters. The lowest BCUT2D eigenvalue weighted by Crippen LogP contribution is -2.06. The van der Waals surface area contributed by atoms with Crippen LogP contribution in [0, 0.1) is 13.8 Å². The Kier molecular flexibility index (Phi) is 4.77. The lowest BCUT2D eigenvalue weighted by atomic mass is 10.1. The van der Waals surface area contributed by atoms with Crippen molar-refractivity contribution in [3.63, 3.8) is 0 Å². The average Bonchev–Trinajstić information content (AvgIpc) is 3.05. The van der Waals surface area contributed by atoms with Gasteiger partial charge >= 0.3 is 0 Å². The number of hydrogen-bond acceptors (Lipinski definition) is 3. The topological polar surface area (TPSA) is 46.9 Å². The Morgan fingerprint density at radius 2 is 1.43 bits per heavy atom. The van der Waals surface area contributed by atoms with E-state index in [4.69, 9.17) is 5.10 Å². The van der Waals surface area contributed by atoms with E-state index in [1.807, 2.05) is 103 Å². The number of carbonyl (C=O) groups is 1. The molecule has 1 N–H and O–H groups in total. The lowest BCUT2D eigenvalue weighted by molar-refractivity contribution is 0.103. The van der Waals surface area contributed by atoms with Crippen molar-refractivity contribution in [3.05, 3.63) is 107 Å². The summed E-state index contributed by atoms with van der Waals surface area (Å²) in [7, 11) is 0. The zero-order valence-electron chi connectivity index (χ0n) is 15.9. The smallest absolute Gasteiger partial charge is 0.215 e. The highest BCUT2D eigenvalue weighted by Crippen LogP contribution is 2.29. The minimum absolute atomic E-state index is 0.102. The summed E-state index contributed by atoms with van der Waals surface area (Å²) >= 11 is 0. The summed E-state index contributed by atoms with van der Waals surface area (Å²) in [6.07, 6.45) is 0. The molecule has 0 aliphatic carbocycles. The molecule has 4 nitrogen and oxygen atoms in total. The van der Waals surface area contributed by atoms with Crippen LogP contribution in [0.15, 0.2) is 84.9 Å². The molecule has 0 atom stereocenters. The molecule has 4 rings (SSSR count). The Hall–Kier alpha value is -3.66. The number of carbonyl (C=O) groups excluding carboxylic acids is 1. The Balaban J connectivity index is 1.87. The molecule has 0 bridgehead atoms. The van der Waals surface area contributed by atoms with Gasteiger partial charge in [-0.05, 0) is 37.6 Å². The van der Waals surface area contributed by atoms with Crippen LogP contribution in [-0.2, 0) is 0 Å². The molecule has 3 aromatic carbocycles. The third kappa shape index (κ3) is 3.32. The fourth-order valence-electron chi connectivity index (χ4n) is 3.24. The van der Waals surface area contributed by atoms with Crippen molar-refractivity contribution in [3.8, 4) is 5.69 Å². The highest BCUT2D eigenvalue weighted by atomic mass is 16.1. The molecule has 4 heteroatoms. The quantitative estimate of drug-likeness (QED) is 0.476. The summed E-state index contributed by atoms with van der Waals surface area (Å²) in [6.45, 7) is 4.02. The fourth-order valence-corrected chi connectivity index (χ4v) is 3.24. The van der Waals surface area contributed by atoms with E-state index in [2.05, 4.69) is 5.32 Å². The third-order valence-electron chi connectivity index (χ3n) is 4.75. The second-order valence-corrected chi connectivity index (χ2v) is 6.69.